The van der Waals surface area contributed by atoms with Crippen molar-refractivity contribution in [2.45, 2.75) is 85.9 Å². The molecule has 1 fully saturated rings. The summed E-state index contributed by atoms with van der Waals surface area (Å²) in [5.74, 6) is -0.537. The zero-order chi connectivity index (χ0) is 24.7. The number of nitrogens with one attached hydrogen (secondary N) is 1. The van der Waals surface area contributed by atoms with E-state index in [2.05, 4.69) is 38.7 Å². The Hall–Kier alpha value is -0.560. The first-order valence-electron chi connectivity index (χ1n) is 11.7. The van der Waals surface area contributed by atoms with Crippen LogP contribution in [0.15, 0.2) is 0 Å². The Morgan fingerprint density at radius 2 is 1.69 bits per heavy atom. The first kappa shape index (κ1) is 29.5. The number of carbonyl (C=O) groups excluding carboxylic acids is 2. The first-order chi connectivity index (χ1) is 14.6. The van der Waals surface area contributed by atoms with Crippen LogP contribution in [-0.4, -0.2) is 59.8 Å². The summed E-state index contributed by atoms with van der Waals surface area (Å²) in [5, 5.41) is 2.56. The summed E-state index contributed by atoms with van der Waals surface area (Å²) in [6, 6.07) is -0.0242. The molecule has 188 valence electrons. The smallest absolute Gasteiger partial charge is 0.306 e. The number of nitrogens with zero attached hydrogens (tertiary/aromatic N) is 1. The molecule has 1 heterocycles. The predicted molar refractivity (Wildman–Crippen MR) is 133 cm³/mol. The van der Waals surface area contributed by atoms with Gasteiger partial charge < -0.3 is 14.6 Å². The molecule has 1 amide bonds. The highest BCUT2D eigenvalue weighted by Gasteiger charge is 2.45. The van der Waals surface area contributed by atoms with Crippen molar-refractivity contribution in [1.82, 2.24) is 9.99 Å². The lowest BCUT2D eigenvalue weighted by molar-refractivity contribution is -0.147. The summed E-state index contributed by atoms with van der Waals surface area (Å²) in [6.45, 7) is 18.0. The number of carbonyl (C=O) groups is 2. The molecule has 0 aliphatic carbocycles. The summed E-state index contributed by atoms with van der Waals surface area (Å²) in [7, 11) is -3.05. The van der Waals surface area contributed by atoms with Gasteiger partial charge in [-0.05, 0) is 44.9 Å². The molecule has 0 aromatic carbocycles. The van der Waals surface area contributed by atoms with Crippen molar-refractivity contribution in [2.75, 3.05) is 32.1 Å². The van der Waals surface area contributed by atoms with E-state index in [-0.39, 0.29) is 41.4 Å². The average molecular weight is 493 g/mol. The minimum Gasteiger partial charge on any atom is -0.465 e. The molecule has 0 bridgehead atoms. The van der Waals surface area contributed by atoms with E-state index in [0.717, 1.165) is 0 Å². The van der Waals surface area contributed by atoms with Gasteiger partial charge in [0.15, 0.2) is 0 Å². The Morgan fingerprint density at radius 3 is 2.12 bits per heavy atom. The third kappa shape index (κ3) is 9.36. The zero-order valence-electron chi connectivity index (χ0n) is 21.3. The van der Waals surface area contributed by atoms with Gasteiger partial charge in [0.1, 0.15) is 0 Å². The summed E-state index contributed by atoms with van der Waals surface area (Å²) in [5.41, 5.74) is -0.0780. The van der Waals surface area contributed by atoms with Crippen LogP contribution >= 0.6 is 20.1 Å². The fourth-order valence-electron chi connectivity index (χ4n) is 3.33. The Bertz CT molecular complexity index is 664. The van der Waals surface area contributed by atoms with E-state index in [1.165, 1.54) is 0 Å². The summed E-state index contributed by atoms with van der Waals surface area (Å²) in [4.78, 5) is 24.7. The monoisotopic (exact) mass is 492 g/mol. The van der Waals surface area contributed by atoms with E-state index in [0.29, 0.717) is 39.1 Å². The van der Waals surface area contributed by atoms with Crippen LogP contribution < -0.4 is 5.32 Å². The molecular formula is C23H45N2O5PS. The van der Waals surface area contributed by atoms with Gasteiger partial charge in [-0.15, -0.1) is 0 Å². The van der Waals surface area contributed by atoms with E-state index in [9.17, 15) is 14.2 Å². The number of ether oxygens (including phenoxy) is 1. The van der Waals surface area contributed by atoms with E-state index in [1.807, 2.05) is 39.3 Å². The van der Waals surface area contributed by atoms with Crippen molar-refractivity contribution in [3.05, 3.63) is 0 Å². The van der Waals surface area contributed by atoms with Crippen LogP contribution in [0, 0.1) is 17.3 Å². The summed E-state index contributed by atoms with van der Waals surface area (Å²) < 4.78 is 27.2. The Labute approximate surface area is 200 Å². The second kappa shape index (κ2) is 12.2. The molecule has 0 saturated carbocycles. The fourth-order valence-corrected chi connectivity index (χ4v) is 6.35. The third-order valence-electron chi connectivity index (χ3n) is 5.29. The second-order valence-electron chi connectivity index (χ2n) is 11.4. The average Bonchev–Trinajstić information content (AvgIpc) is 2.67. The van der Waals surface area contributed by atoms with E-state index >= 15 is 0 Å². The Balaban J connectivity index is 2.67. The Kier molecular flexibility index (Phi) is 11.3. The standard InChI is InChI=1S/C23H45N2O5PS/c1-17(2)14-29-20(26)13-18(15-32)21(27)24-19-9-11-25(12-10-19)31(28,23(6,7)8)30-16-22(3,4)5/h17-19,32H,9-16H2,1-8H3,(H,24,27)/t18-,31?/m0/s1. The van der Waals surface area contributed by atoms with E-state index in [1.54, 1.807) is 0 Å². The van der Waals surface area contributed by atoms with Crippen LogP contribution in [0.5, 0.6) is 0 Å². The predicted octanol–water partition coefficient (Wildman–Crippen LogP) is 4.76. The SMILES string of the molecule is CC(C)COC(=O)C[C@@H](CS)C(=O)NC1CCN(P(=O)(OCC(C)(C)C)C(C)(C)C)CC1. The quantitative estimate of drug-likeness (QED) is 0.260. The maximum atomic E-state index is 13.9. The molecule has 0 aromatic heterocycles. The molecule has 0 radical (unpaired) electrons. The van der Waals surface area contributed by atoms with Gasteiger partial charge in [0.2, 0.25) is 5.91 Å². The van der Waals surface area contributed by atoms with E-state index in [4.69, 9.17) is 9.26 Å². The van der Waals surface area contributed by atoms with Crippen LogP contribution in [0.3, 0.4) is 0 Å². The van der Waals surface area contributed by atoms with Crippen molar-refractivity contribution in [3.8, 4) is 0 Å². The van der Waals surface area contributed by atoms with Crippen LogP contribution in [0.2, 0.25) is 0 Å². The van der Waals surface area contributed by atoms with Crippen molar-refractivity contribution < 1.29 is 23.4 Å². The maximum absolute atomic E-state index is 13.9. The fraction of sp³-hybridized carbons (Fsp3) is 0.913. The number of amides is 1. The molecule has 1 unspecified atom stereocenters. The molecule has 0 spiro atoms. The minimum absolute atomic E-state index is 0.0242. The molecule has 9 heteroatoms. The van der Waals surface area contributed by atoms with Crippen LogP contribution in [0.4, 0.5) is 0 Å². The molecule has 1 rings (SSSR count). The molecule has 32 heavy (non-hydrogen) atoms. The summed E-state index contributed by atoms with van der Waals surface area (Å²) >= 11 is 4.26. The van der Waals surface area contributed by atoms with Crippen LogP contribution in [0.25, 0.3) is 0 Å². The molecule has 7 nitrogen and oxygen atoms in total. The molecule has 1 aliphatic heterocycles. The molecular weight excluding hydrogens is 447 g/mol. The highest BCUT2D eigenvalue weighted by atomic mass is 32.1. The molecule has 1 N–H and O–H groups in total. The second-order valence-corrected chi connectivity index (χ2v) is 15.0. The number of hydrogen-bond acceptors (Lipinski definition) is 6. The van der Waals surface area contributed by atoms with Gasteiger partial charge in [0.25, 0.3) is 7.52 Å². The zero-order valence-corrected chi connectivity index (χ0v) is 23.1. The highest BCUT2D eigenvalue weighted by molar-refractivity contribution is 7.80. The lowest BCUT2D eigenvalue weighted by Gasteiger charge is -2.43. The van der Waals surface area contributed by atoms with Crippen LogP contribution in [0.1, 0.15) is 74.7 Å². The maximum Gasteiger partial charge on any atom is 0.306 e. The van der Waals surface area contributed by atoms with Crippen molar-refractivity contribution in [1.29, 1.82) is 0 Å². The van der Waals surface area contributed by atoms with Gasteiger partial charge in [-0.1, -0.05) is 34.6 Å². The molecule has 0 aromatic rings. The lowest BCUT2D eigenvalue weighted by atomic mass is 9.99. The van der Waals surface area contributed by atoms with Gasteiger partial charge in [-0.25, -0.2) is 4.67 Å². The minimum atomic E-state index is -3.05. The first-order valence-corrected chi connectivity index (χ1v) is 13.9. The largest absolute Gasteiger partial charge is 0.465 e. The van der Waals surface area contributed by atoms with Gasteiger partial charge in [-0.3, -0.25) is 14.2 Å². The van der Waals surface area contributed by atoms with Gasteiger partial charge in [-0.2, -0.15) is 12.6 Å². The van der Waals surface area contributed by atoms with Crippen molar-refractivity contribution in [2.24, 2.45) is 17.3 Å². The number of thiol groups is 1. The lowest BCUT2D eigenvalue weighted by Crippen LogP contribution is -2.47. The van der Waals surface area contributed by atoms with Crippen molar-refractivity contribution >= 4 is 32.0 Å². The number of piperidine rings is 1. The van der Waals surface area contributed by atoms with Crippen LogP contribution in [-0.2, 0) is 23.4 Å². The summed E-state index contributed by atoms with van der Waals surface area (Å²) in [6.07, 6.45) is 1.39. The van der Waals surface area contributed by atoms with Gasteiger partial charge in [0.05, 0.1) is 30.7 Å². The topological polar surface area (TPSA) is 84.9 Å². The number of rotatable bonds is 10. The van der Waals surface area contributed by atoms with Crippen molar-refractivity contribution in [3.63, 3.8) is 0 Å². The normalized spacial score (nSPS) is 19.4. The number of esters is 1. The van der Waals surface area contributed by atoms with Gasteiger partial charge >= 0.3 is 5.97 Å². The van der Waals surface area contributed by atoms with E-state index < -0.39 is 18.6 Å². The molecule has 1 saturated heterocycles. The van der Waals surface area contributed by atoms with Gasteiger partial charge in [0, 0.05) is 24.9 Å². The Morgan fingerprint density at radius 1 is 1.12 bits per heavy atom. The highest BCUT2D eigenvalue weighted by Crippen LogP contribution is 2.62. The third-order valence-corrected chi connectivity index (χ3v) is 9.05. The molecule has 2 atom stereocenters. The number of hydrogen-bond donors (Lipinski definition) is 2. The molecule has 1 aliphatic rings.